The van der Waals surface area contributed by atoms with E-state index in [2.05, 4.69) is 6.58 Å². The van der Waals surface area contributed by atoms with E-state index in [1.807, 2.05) is 0 Å². The van der Waals surface area contributed by atoms with Crippen LogP contribution < -0.4 is 4.24 Å². The molecule has 0 aliphatic heterocycles. The molecular weight excluding hydrogens is 222 g/mol. The van der Waals surface area contributed by atoms with Gasteiger partial charge in [-0.1, -0.05) is 18.2 Å². The Balaban J connectivity index is 3.00. The zero-order valence-corrected chi connectivity index (χ0v) is 8.98. The normalized spacial score (nSPS) is 11.2. The van der Waals surface area contributed by atoms with Gasteiger partial charge >= 0.3 is 0 Å². The Labute approximate surface area is 88.6 Å². The van der Waals surface area contributed by atoms with Gasteiger partial charge in [0.15, 0.2) is 0 Å². The second kappa shape index (κ2) is 4.59. The molecule has 5 heteroatoms. The molecule has 0 unspecified atom stereocenters. The van der Waals surface area contributed by atoms with Crippen LogP contribution in [0.5, 0.6) is 0 Å². The molecule has 1 aromatic rings. The number of halogens is 1. The molecule has 0 fully saturated rings. The monoisotopic (exact) mass is 231 g/mol. The second-order valence-electron chi connectivity index (χ2n) is 2.72. The maximum atomic E-state index is 11.2. The fourth-order valence-electron chi connectivity index (χ4n) is 1.02. The lowest BCUT2D eigenvalue weighted by Gasteiger charge is -2.01. The molecule has 14 heavy (non-hydrogen) atoms. The lowest BCUT2D eigenvalue weighted by atomic mass is 10.2. The van der Waals surface area contributed by atoms with E-state index in [9.17, 15) is 8.42 Å². The predicted octanol–water partition coefficient (Wildman–Crippen LogP) is 1.85. The fraction of sp³-hybridized carbons (Fsp3) is 0.111. The predicted molar refractivity (Wildman–Crippen MR) is 56.5 cm³/mol. The molecule has 0 atom stereocenters. The number of sulfonamides is 1. The molecule has 0 spiro atoms. The zero-order chi connectivity index (χ0) is 10.6. The highest BCUT2D eigenvalue weighted by atomic mass is 35.5. The molecule has 0 bridgehead atoms. The molecule has 0 heterocycles. The van der Waals surface area contributed by atoms with Crippen molar-refractivity contribution in [3.05, 3.63) is 42.5 Å². The SMILES string of the molecule is C=CCc1ccc(S(=O)(=O)NCl)cc1. The molecule has 0 aliphatic rings. The van der Waals surface area contributed by atoms with Gasteiger partial charge in [0.1, 0.15) is 0 Å². The minimum absolute atomic E-state index is 0.153. The van der Waals surface area contributed by atoms with Crippen LogP contribution in [0.25, 0.3) is 0 Å². The van der Waals surface area contributed by atoms with Crippen LogP contribution in [0.3, 0.4) is 0 Å². The Bertz CT molecular complexity index is 411. The summed E-state index contributed by atoms with van der Waals surface area (Å²) >= 11 is 5.07. The van der Waals surface area contributed by atoms with Crippen LogP contribution in [-0.2, 0) is 16.4 Å². The molecule has 1 rings (SSSR count). The third kappa shape index (κ3) is 2.57. The van der Waals surface area contributed by atoms with E-state index in [-0.39, 0.29) is 4.90 Å². The first kappa shape index (κ1) is 11.2. The highest BCUT2D eigenvalue weighted by Crippen LogP contribution is 2.11. The van der Waals surface area contributed by atoms with Crippen LogP contribution in [0.1, 0.15) is 5.56 Å². The van der Waals surface area contributed by atoms with Crippen molar-refractivity contribution in [2.45, 2.75) is 11.3 Å². The van der Waals surface area contributed by atoms with Crippen molar-refractivity contribution in [2.75, 3.05) is 0 Å². The topological polar surface area (TPSA) is 46.2 Å². The molecule has 1 aromatic carbocycles. The third-order valence-electron chi connectivity index (χ3n) is 1.72. The number of benzene rings is 1. The first-order chi connectivity index (χ1) is 6.60. The Hall–Kier alpha value is -0.840. The van der Waals surface area contributed by atoms with Crippen molar-refractivity contribution in [1.29, 1.82) is 0 Å². The maximum Gasteiger partial charge on any atom is 0.253 e. The summed E-state index contributed by atoms with van der Waals surface area (Å²) in [6.45, 7) is 3.59. The van der Waals surface area contributed by atoms with Gasteiger partial charge in [-0.15, -0.1) is 10.8 Å². The van der Waals surface area contributed by atoms with E-state index >= 15 is 0 Å². The molecular formula is C9H10ClNO2S. The number of hydrogen-bond acceptors (Lipinski definition) is 2. The van der Waals surface area contributed by atoms with Gasteiger partial charge in [0, 0.05) is 0 Å². The van der Waals surface area contributed by atoms with Crippen LogP contribution in [0.2, 0.25) is 0 Å². The minimum atomic E-state index is -3.54. The van der Waals surface area contributed by atoms with Gasteiger partial charge in [-0.05, 0) is 35.9 Å². The summed E-state index contributed by atoms with van der Waals surface area (Å²) in [6.07, 6.45) is 2.47. The molecule has 1 N–H and O–H groups in total. The van der Waals surface area contributed by atoms with Gasteiger partial charge in [-0.25, -0.2) is 8.42 Å². The number of allylic oxidation sites excluding steroid dienone is 1. The van der Waals surface area contributed by atoms with Gasteiger partial charge in [0.2, 0.25) is 0 Å². The van der Waals surface area contributed by atoms with Gasteiger partial charge < -0.3 is 0 Å². The molecule has 0 aliphatic carbocycles. The van der Waals surface area contributed by atoms with Gasteiger partial charge in [-0.3, -0.25) is 0 Å². The van der Waals surface area contributed by atoms with E-state index in [4.69, 9.17) is 11.8 Å². The summed E-state index contributed by atoms with van der Waals surface area (Å²) < 4.78 is 24.1. The highest BCUT2D eigenvalue weighted by molar-refractivity contribution is 7.90. The quantitative estimate of drug-likeness (QED) is 0.635. The summed E-state index contributed by atoms with van der Waals surface area (Å²) in [5.74, 6) is 0. The van der Waals surface area contributed by atoms with E-state index in [0.29, 0.717) is 6.42 Å². The largest absolute Gasteiger partial charge is 0.253 e. The van der Waals surface area contributed by atoms with Gasteiger partial charge in [0.05, 0.1) is 4.90 Å². The summed E-state index contributed by atoms with van der Waals surface area (Å²) in [7, 11) is -3.54. The lowest BCUT2D eigenvalue weighted by Crippen LogP contribution is -2.13. The Morgan fingerprint density at radius 1 is 1.36 bits per heavy atom. The van der Waals surface area contributed by atoms with Crippen LogP contribution >= 0.6 is 11.8 Å². The minimum Gasteiger partial charge on any atom is -0.206 e. The van der Waals surface area contributed by atoms with E-state index in [1.54, 1.807) is 22.4 Å². The standard InChI is InChI=1S/C9H10ClNO2S/c1-2-3-8-4-6-9(7-5-8)14(12,13)11-10/h2,4-7,11H,1,3H2. The van der Waals surface area contributed by atoms with Crippen LogP contribution in [0.4, 0.5) is 0 Å². The Morgan fingerprint density at radius 3 is 2.36 bits per heavy atom. The first-order valence-corrected chi connectivity index (χ1v) is 5.78. The smallest absolute Gasteiger partial charge is 0.206 e. The van der Waals surface area contributed by atoms with E-state index in [1.165, 1.54) is 12.1 Å². The highest BCUT2D eigenvalue weighted by Gasteiger charge is 2.11. The molecule has 3 nitrogen and oxygen atoms in total. The second-order valence-corrected chi connectivity index (χ2v) is 4.81. The first-order valence-electron chi connectivity index (χ1n) is 3.92. The maximum absolute atomic E-state index is 11.2. The number of hydrogen-bond donors (Lipinski definition) is 1. The molecule has 76 valence electrons. The zero-order valence-electron chi connectivity index (χ0n) is 7.40. The third-order valence-corrected chi connectivity index (χ3v) is 3.42. The Kier molecular flexibility index (Phi) is 3.69. The van der Waals surface area contributed by atoms with Crippen molar-refractivity contribution in [1.82, 2.24) is 4.24 Å². The van der Waals surface area contributed by atoms with Crippen molar-refractivity contribution in [3.8, 4) is 0 Å². The van der Waals surface area contributed by atoms with Crippen molar-refractivity contribution in [3.63, 3.8) is 0 Å². The molecule has 0 saturated heterocycles. The Morgan fingerprint density at radius 2 is 1.93 bits per heavy atom. The summed E-state index contributed by atoms with van der Waals surface area (Å²) in [6, 6.07) is 6.46. The summed E-state index contributed by atoms with van der Waals surface area (Å²) in [4.78, 5) is 0.153. The van der Waals surface area contributed by atoms with Crippen LogP contribution in [0.15, 0.2) is 41.8 Å². The van der Waals surface area contributed by atoms with E-state index in [0.717, 1.165) is 5.56 Å². The fourth-order valence-corrected chi connectivity index (χ4v) is 1.87. The van der Waals surface area contributed by atoms with Gasteiger partial charge in [0.25, 0.3) is 10.0 Å². The van der Waals surface area contributed by atoms with Crippen molar-refractivity contribution < 1.29 is 8.42 Å². The molecule has 0 amide bonds. The lowest BCUT2D eigenvalue weighted by molar-refractivity contribution is 0.594. The number of rotatable bonds is 4. The van der Waals surface area contributed by atoms with Crippen LogP contribution in [-0.4, -0.2) is 8.42 Å². The average Bonchev–Trinajstić information content (AvgIpc) is 2.19. The van der Waals surface area contributed by atoms with Crippen molar-refractivity contribution >= 4 is 21.8 Å². The molecule has 0 saturated carbocycles. The van der Waals surface area contributed by atoms with E-state index < -0.39 is 10.0 Å². The molecule has 0 radical (unpaired) electrons. The average molecular weight is 232 g/mol. The van der Waals surface area contributed by atoms with Gasteiger partial charge in [-0.2, -0.15) is 0 Å². The molecule has 0 aromatic heterocycles. The number of nitrogens with one attached hydrogen (secondary N) is 1. The summed E-state index contributed by atoms with van der Waals surface area (Å²) in [5, 5.41) is 0. The summed E-state index contributed by atoms with van der Waals surface area (Å²) in [5.41, 5.74) is 1.01. The van der Waals surface area contributed by atoms with Crippen LogP contribution in [0, 0.1) is 0 Å². The van der Waals surface area contributed by atoms with Crippen molar-refractivity contribution in [2.24, 2.45) is 0 Å².